The SMILES string of the molecule is COC(=O)c1ncn2cc(C(=O)NC3CCCCCC3)n(Cc3ccc(Cl)cc3)c(=O)c12. The van der Waals surface area contributed by atoms with E-state index in [2.05, 4.69) is 10.3 Å². The van der Waals surface area contributed by atoms with Crippen LogP contribution < -0.4 is 10.9 Å². The van der Waals surface area contributed by atoms with Gasteiger partial charge in [0.15, 0.2) is 5.69 Å². The number of nitrogens with one attached hydrogen (secondary N) is 1. The highest BCUT2D eigenvalue weighted by atomic mass is 35.5. The van der Waals surface area contributed by atoms with Crippen molar-refractivity contribution in [2.24, 2.45) is 0 Å². The highest BCUT2D eigenvalue weighted by Crippen LogP contribution is 2.18. The van der Waals surface area contributed by atoms with Crippen LogP contribution in [-0.4, -0.2) is 39.0 Å². The van der Waals surface area contributed by atoms with E-state index in [-0.39, 0.29) is 35.4 Å². The van der Waals surface area contributed by atoms with Crippen molar-refractivity contribution in [3.05, 3.63) is 69.1 Å². The van der Waals surface area contributed by atoms with E-state index < -0.39 is 11.5 Å². The number of halogens is 1. The van der Waals surface area contributed by atoms with Gasteiger partial charge >= 0.3 is 5.97 Å². The number of hydrogen-bond donors (Lipinski definition) is 1. The van der Waals surface area contributed by atoms with Crippen LogP contribution in [0.15, 0.2) is 41.6 Å². The van der Waals surface area contributed by atoms with Crippen LogP contribution in [0.1, 0.15) is 65.1 Å². The molecule has 32 heavy (non-hydrogen) atoms. The third kappa shape index (κ3) is 4.55. The van der Waals surface area contributed by atoms with E-state index in [4.69, 9.17) is 16.3 Å². The van der Waals surface area contributed by atoms with Crippen molar-refractivity contribution in [1.82, 2.24) is 19.3 Å². The molecule has 3 aromatic rings. The number of benzene rings is 1. The van der Waals surface area contributed by atoms with Crippen LogP contribution in [0.5, 0.6) is 0 Å². The van der Waals surface area contributed by atoms with Gasteiger partial charge in [0.25, 0.3) is 11.5 Å². The molecular weight excluding hydrogens is 432 g/mol. The highest BCUT2D eigenvalue weighted by Gasteiger charge is 2.24. The van der Waals surface area contributed by atoms with Gasteiger partial charge < -0.3 is 10.1 Å². The van der Waals surface area contributed by atoms with Crippen LogP contribution >= 0.6 is 11.6 Å². The van der Waals surface area contributed by atoms with Gasteiger partial charge in [-0.15, -0.1) is 0 Å². The molecule has 1 aromatic carbocycles. The molecule has 0 aliphatic heterocycles. The number of nitrogens with zero attached hydrogens (tertiary/aromatic N) is 3. The van der Waals surface area contributed by atoms with Crippen molar-refractivity contribution in [2.45, 2.75) is 51.1 Å². The molecule has 0 radical (unpaired) electrons. The Balaban J connectivity index is 1.78. The summed E-state index contributed by atoms with van der Waals surface area (Å²) in [4.78, 5) is 42.9. The summed E-state index contributed by atoms with van der Waals surface area (Å²) < 4.78 is 7.55. The lowest BCUT2D eigenvalue weighted by Gasteiger charge is -2.19. The van der Waals surface area contributed by atoms with Gasteiger partial charge in [-0.25, -0.2) is 9.78 Å². The lowest BCUT2D eigenvalue weighted by molar-refractivity contribution is 0.0596. The second-order valence-corrected chi connectivity index (χ2v) is 8.47. The zero-order chi connectivity index (χ0) is 22.7. The van der Waals surface area contributed by atoms with Crippen LogP contribution in [-0.2, 0) is 11.3 Å². The van der Waals surface area contributed by atoms with Crippen molar-refractivity contribution < 1.29 is 14.3 Å². The first kappa shape index (κ1) is 22.1. The fourth-order valence-electron chi connectivity index (χ4n) is 4.15. The Morgan fingerprint density at radius 3 is 2.50 bits per heavy atom. The first-order valence-electron chi connectivity index (χ1n) is 10.7. The van der Waals surface area contributed by atoms with Crippen molar-refractivity contribution in [3.63, 3.8) is 0 Å². The van der Waals surface area contributed by atoms with Crippen LogP contribution in [0.3, 0.4) is 0 Å². The maximum atomic E-state index is 13.5. The number of aromatic nitrogens is 3. The van der Waals surface area contributed by atoms with Crippen LogP contribution in [0.25, 0.3) is 5.52 Å². The van der Waals surface area contributed by atoms with E-state index in [0.717, 1.165) is 31.2 Å². The summed E-state index contributed by atoms with van der Waals surface area (Å²) >= 11 is 5.99. The maximum absolute atomic E-state index is 13.5. The normalized spacial score (nSPS) is 14.8. The molecule has 1 saturated carbocycles. The molecular formula is C23H25ClN4O4. The molecule has 168 valence electrons. The van der Waals surface area contributed by atoms with Gasteiger partial charge in [-0.3, -0.25) is 18.6 Å². The van der Waals surface area contributed by atoms with E-state index in [1.165, 1.54) is 41.4 Å². The average molecular weight is 457 g/mol. The summed E-state index contributed by atoms with van der Waals surface area (Å²) in [5.41, 5.74) is 0.486. The molecule has 4 rings (SSSR count). The summed E-state index contributed by atoms with van der Waals surface area (Å²) in [7, 11) is 1.23. The smallest absolute Gasteiger partial charge is 0.359 e. The molecule has 1 amide bonds. The Morgan fingerprint density at radius 1 is 1.16 bits per heavy atom. The lowest BCUT2D eigenvalue weighted by Crippen LogP contribution is -2.39. The molecule has 2 heterocycles. The molecule has 1 fully saturated rings. The van der Waals surface area contributed by atoms with Crippen LogP contribution in [0.2, 0.25) is 5.02 Å². The highest BCUT2D eigenvalue weighted by molar-refractivity contribution is 6.30. The predicted octanol–water partition coefficient (Wildman–Crippen LogP) is 3.44. The molecule has 2 aromatic heterocycles. The second-order valence-electron chi connectivity index (χ2n) is 8.03. The van der Waals surface area contributed by atoms with Gasteiger partial charge in [-0.2, -0.15) is 0 Å². The Labute approximate surface area is 190 Å². The molecule has 9 heteroatoms. The number of amides is 1. The summed E-state index contributed by atoms with van der Waals surface area (Å²) in [5.74, 6) is -1.03. The molecule has 1 N–H and O–H groups in total. The lowest BCUT2D eigenvalue weighted by atomic mass is 10.1. The number of methoxy groups -OCH3 is 1. The fourth-order valence-corrected chi connectivity index (χ4v) is 4.28. The molecule has 0 bridgehead atoms. The zero-order valence-electron chi connectivity index (χ0n) is 17.8. The minimum Gasteiger partial charge on any atom is -0.464 e. The molecule has 0 spiro atoms. The quantitative estimate of drug-likeness (QED) is 0.468. The molecule has 0 unspecified atom stereocenters. The molecule has 1 aliphatic carbocycles. The second kappa shape index (κ2) is 9.56. The maximum Gasteiger partial charge on any atom is 0.359 e. The number of rotatable bonds is 5. The van der Waals surface area contributed by atoms with Crippen molar-refractivity contribution in [3.8, 4) is 0 Å². The van der Waals surface area contributed by atoms with Gasteiger partial charge in [-0.1, -0.05) is 49.4 Å². The number of fused-ring (bicyclic) bond motifs is 1. The summed E-state index contributed by atoms with van der Waals surface area (Å²) in [6.07, 6.45) is 9.23. The largest absolute Gasteiger partial charge is 0.464 e. The van der Waals surface area contributed by atoms with Crippen LogP contribution in [0, 0.1) is 0 Å². The van der Waals surface area contributed by atoms with Gasteiger partial charge in [0, 0.05) is 17.3 Å². The van der Waals surface area contributed by atoms with Crippen molar-refractivity contribution in [2.75, 3.05) is 7.11 Å². The van der Waals surface area contributed by atoms with Gasteiger partial charge in [0.1, 0.15) is 17.5 Å². The summed E-state index contributed by atoms with van der Waals surface area (Å²) in [6, 6.07) is 7.12. The fraction of sp³-hybridized carbons (Fsp3) is 0.391. The Bertz CT molecular complexity index is 1190. The number of imidazole rings is 1. The first-order chi connectivity index (χ1) is 15.5. The number of ether oxygens (including phenoxy) is 1. The van der Waals surface area contributed by atoms with E-state index in [0.29, 0.717) is 5.02 Å². The summed E-state index contributed by atoms with van der Waals surface area (Å²) in [6.45, 7) is 0.145. The molecule has 8 nitrogen and oxygen atoms in total. The van der Waals surface area contributed by atoms with E-state index in [1.54, 1.807) is 24.3 Å². The van der Waals surface area contributed by atoms with Gasteiger partial charge in [-0.05, 0) is 30.5 Å². The Morgan fingerprint density at radius 2 is 1.84 bits per heavy atom. The minimum absolute atomic E-state index is 0.0665. The number of carbonyl (C=O) groups excluding carboxylic acids is 2. The topological polar surface area (TPSA) is 94.7 Å². The number of esters is 1. The third-order valence-electron chi connectivity index (χ3n) is 5.85. The van der Waals surface area contributed by atoms with E-state index in [9.17, 15) is 14.4 Å². The van der Waals surface area contributed by atoms with Crippen molar-refractivity contribution in [1.29, 1.82) is 0 Å². The Hall–Kier alpha value is -3.13. The monoisotopic (exact) mass is 456 g/mol. The molecule has 0 atom stereocenters. The third-order valence-corrected chi connectivity index (χ3v) is 6.10. The van der Waals surface area contributed by atoms with Gasteiger partial charge in [0.05, 0.1) is 13.7 Å². The average Bonchev–Trinajstić information content (AvgIpc) is 3.06. The zero-order valence-corrected chi connectivity index (χ0v) is 18.6. The summed E-state index contributed by atoms with van der Waals surface area (Å²) in [5, 5.41) is 3.67. The Kier molecular flexibility index (Phi) is 6.60. The van der Waals surface area contributed by atoms with Crippen molar-refractivity contribution >= 4 is 29.0 Å². The first-order valence-corrected chi connectivity index (χ1v) is 11.1. The minimum atomic E-state index is -0.710. The standard InChI is InChI=1S/C23H25ClN4O4/c1-32-23(31)19-20-22(30)28(12-15-8-10-16(24)11-9-15)18(13-27(20)14-25-19)21(29)26-17-6-4-2-3-5-7-17/h8-11,13-14,17H,2-7,12H2,1H3,(H,26,29). The van der Waals surface area contributed by atoms with Crippen LogP contribution in [0.4, 0.5) is 0 Å². The predicted molar refractivity (Wildman–Crippen MR) is 120 cm³/mol. The van der Waals surface area contributed by atoms with E-state index in [1.807, 2.05) is 0 Å². The number of carbonyl (C=O) groups is 2. The van der Waals surface area contributed by atoms with Gasteiger partial charge in [0.2, 0.25) is 0 Å². The molecule has 1 aliphatic rings. The molecule has 0 saturated heterocycles. The number of hydrogen-bond acceptors (Lipinski definition) is 5. The van der Waals surface area contributed by atoms with E-state index >= 15 is 0 Å².